The number of ether oxygens (including phenoxy) is 1. The first kappa shape index (κ1) is 22.4. The number of esters is 1. The normalized spacial score (nSPS) is 21.6. The average Bonchev–Trinajstić information content (AvgIpc) is 2.72. The maximum atomic E-state index is 12.3. The van der Waals surface area contributed by atoms with Crippen LogP contribution in [0.4, 0.5) is 5.69 Å². The first-order chi connectivity index (χ1) is 13.0. The van der Waals surface area contributed by atoms with Crippen LogP contribution >= 0.6 is 12.2 Å². The highest BCUT2D eigenvalue weighted by molar-refractivity contribution is 7.80. The van der Waals surface area contributed by atoms with Crippen LogP contribution in [0.25, 0.3) is 5.70 Å². The molecule has 0 saturated heterocycles. The molecule has 0 fully saturated rings. The average molecular weight is 391 g/mol. The van der Waals surface area contributed by atoms with Gasteiger partial charge in [0.05, 0.1) is 18.1 Å². The van der Waals surface area contributed by atoms with Crippen molar-refractivity contribution in [3.8, 4) is 0 Å². The lowest BCUT2D eigenvalue weighted by Crippen LogP contribution is -2.46. The summed E-state index contributed by atoms with van der Waals surface area (Å²) in [4.78, 5) is 35.4. The van der Waals surface area contributed by atoms with Gasteiger partial charge in [-0.2, -0.15) is 0 Å². The maximum Gasteiger partial charge on any atom is 0.317 e. The largest absolute Gasteiger partial charge is 0.465 e. The fourth-order valence-electron chi connectivity index (χ4n) is 2.53. The molecule has 8 heteroatoms. The number of carbonyl (C=O) groups is 2. The molecule has 1 aromatic rings. The Bertz CT molecular complexity index is 733. The molecule has 0 amide bonds. The molecule has 7 nitrogen and oxygen atoms in total. The van der Waals surface area contributed by atoms with Gasteiger partial charge in [-0.25, -0.2) is 0 Å². The van der Waals surface area contributed by atoms with E-state index in [4.69, 9.17) is 17.0 Å². The minimum absolute atomic E-state index is 0.0295. The van der Waals surface area contributed by atoms with Gasteiger partial charge in [0.2, 0.25) is 0 Å². The van der Waals surface area contributed by atoms with Crippen LogP contribution in [0.3, 0.4) is 0 Å². The summed E-state index contributed by atoms with van der Waals surface area (Å²) in [6, 6.07) is 6.12. The molecule has 2 N–H and O–H groups in total. The Kier molecular flexibility index (Phi) is 9.29. The lowest BCUT2D eigenvalue weighted by Gasteiger charge is -2.25. The summed E-state index contributed by atoms with van der Waals surface area (Å²) in [5.41, 5.74) is 1.35. The second kappa shape index (κ2) is 11.2. The van der Waals surface area contributed by atoms with Crippen LogP contribution < -0.4 is 10.6 Å². The molecule has 1 aliphatic heterocycles. The highest BCUT2D eigenvalue weighted by Gasteiger charge is 2.32. The molecule has 0 radical (unpaired) electrons. The van der Waals surface area contributed by atoms with Gasteiger partial charge in [-0.05, 0) is 36.7 Å². The second-order valence-corrected chi connectivity index (χ2v) is 5.99. The summed E-state index contributed by atoms with van der Waals surface area (Å²) in [5, 5.41) is 8.87. The predicted octanol–water partition coefficient (Wildman–Crippen LogP) is 3.11. The smallest absolute Gasteiger partial charge is 0.317 e. The Morgan fingerprint density at radius 2 is 2.07 bits per heavy atom. The first-order valence-electron chi connectivity index (χ1n) is 8.85. The molecule has 146 valence electrons. The van der Waals surface area contributed by atoms with E-state index in [9.17, 15) is 14.5 Å². The van der Waals surface area contributed by atoms with Crippen molar-refractivity contribution in [2.75, 3.05) is 13.2 Å². The van der Waals surface area contributed by atoms with Gasteiger partial charge in [0.15, 0.2) is 5.78 Å². The molecular weight excluding hydrogens is 366 g/mol. The standard InChI is InChI=1S/C17H19N3O4S.C2H6/c1-3-24-17(22)15-10(2)19-14(8-13(21)9-18-16(15)25)11-5-4-6-12(7-11)20-23;1-2/h4-8,10,15,19H,3,9H2,1-2H3,(H,18,25);1-2H3/b14-8-;. The third kappa shape index (κ3) is 6.25. The number of hydrogen-bond acceptors (Lipinski definition) is 7. The molecule has 1 aromatic carbocycles. The highest BCUT2D eigenvalue weighted by Crippen LogP contribution is 2.21. The molecule has 0 aromatic heterocycles. The van der Waals surface area contributed by atoms with Gasteiger partial charge in [-0.1, -0.05) is 38.2 Å². The van der Waals surface area contributed by atoms with Crippen LogP contribution in [0.5, 0.6) is 0 Å². The predicted molar refractivity (Wildman–Crippen MR) is 110 cm³/mol. The molecule has 0 saturated carbocycles. The van der Waals surface area contributed by atoms with Crippen LogP contribution in [-0.2, 0) is 14.3 Å². The summed E-state index contributed by atoms with van der Waals surface area (Å²) >= 11 is 5.27. The Morgan fingerprint density at radius 3 is 2.70 bits per heavy atom. The minimum Gasteiger partial charge on any atom is -0.465 e. The van der Waals surface area contributed by atoms with Crippen LogP contribution in [0.2, 0.25) is 0 Å². The number of nitrogens with zero attached hydrogens (tertiary/aromatic N) is 1. The number of carbonyl (C=O) groups excluding carboxylic acids is 2. The van der Waals surface area contributed by atoms with Crippen molar-refractivity contribution >= 4 is 40.3 Å². The Labute approximate surface area is 164 Å². The van der Waals surface area contributed by atoms with E-state index in [1.165, 1.54) is 6.08 Å². The quantitative estimate of drug-likeness (QED) is 0.462. The van der Waals surface area contributed by atoms with Gasteiger partial charge < -0.3 is 15.4 Å². The van der Waals surface area contributed by atoms with E-state index >= 15 is 0 Å². The highest BCUT2D eigenvalue weighted by atomic mass is 32.1. The molecular formula is C19H25N3O4S. The van der Waals surface area contributed by atoms with E-state index in [0.717, 1.165) is 0 Å². The number of rotatable bonds is 4. The molecule has 0 bridgehead atoms. The Balaban J connectivity index is 0.00000176. The van der Waals surface area contributed by atoms with E-state index in [1.807, 2.05) is 13.8 Å². The van der Waals surface area contributed by atoms with Crippen LogP contribution in [-0.4, -0.2) is 35.9 Å². The monoisotopic (exact) mass is 391 g/mol. The van der Waals surface area contributed by atoms with E-state index in [1.54, 1.807) is 38.1 Å². The number of benzene rings is 1. The number of nitrogens with one attached hydrogen (secondary N) is 2. The van der Waals surface area contributed by atoms with Gasteiger partial charge >= 0.3 is 5.97 Å². The van der Waals surface area contributed by atoms with Gasteiger partial charge in [0.25, 0.3) is 0 Å². The molecule has 2 unspecified atom stereocenters. The number of ketones is 1. The summed E-state index contributed by atoms with van der Waals surface area (Å²) in [6.45, 7) is 7.70. The van der Waals surface area contributed by atoms with Crippen LogP contribution in [0, 0.1) is 10.8 Å². The molecule has 27 heavy (non-hydrogen) atoms. The van der Waals surface area contributed by atoms with Gasteiger partial charge in [-0.15, -0.1) is 4.91 Å². The third-order valence-electron chi connectivity index (χ3n) is 3.71. The Hall–Kier alpha value is -2.61. The lowest BCUT2D eigenvalue weighted by atomic mass is 10.00. The molecule has 1 aliphatic rings. The molecule has 2 rings (SSSR count). The first-order valence-corrected chi connectivity index (χ1v) is 9.26. The zero-order chi connectivity index (χ0) is 20.4. The zero-order valence-corrected chi connectivity index (χ0v) is 16.8. The molecule has 1 heterocycles. The van der Waals surface area contributed by atoms with Crippen molar-refractivity contribution in [3.63, 3.8) is 0 Å². The molecule has 2 atom stereocenters. The molecule has 0 aliphatic carbocycles. The fourth-order valence-corrected chi connectivity index (χ4v) is 2.91. The summed E-state index contributed by atoms with van der Waals surface area (Å²) < 4.78 is 5.10. The number of nitroso groups, excluding NO2 is 1. The fraction of sp³-hybridized carbons (Fsp3) is 0.421. The van der Waals surface area contributed by atoms with Crippen molar-refractivity contribution in [1.82, 2.24) is 10.6 Å². The lowest BCUT2D eigenvalue weighted by molar-refractivity contribution is -0.146. The van der Waals surface area contributed by atoms with E-state index in [0.29, 0.717) is 11.3 Å². The summed E-state index contributed by atoms with van der Waals surface area (Å²) in [5.74, 6) is -1.42. The third-order valence-corrected chi connectivity index (χ3v) is 4.11. The maximum absolute atomic E-state index is 12.3. The molecule has 0 spiro atoms. The summed E-state index contributed by atoms with van der Waals surface area (Å²) in [6.07, 6.45) is 1.42. The van der Waals surface area contributed by atoms with Crippen molar-refractivity contribution in [2.45, 2.75) is 33.7 Å². The van der Waals surface area contributed by atoms with E-state index in [-0.39, 0.29) is 29.6 Å². The van der Waals surface area contributed by atoms with E-state index < -0.39 is 17.9 Å². The van der Waals surface area contributed by atoms with Crippen LogP contribution in [0.1, 0.15) is 33.3 Å². The zero-order valence-electron chi connectivity index (χ0n) is 15.9. The summed E-state index contributed by atoms with van der Waals surface area (Å²) in [7, 11) is 0. The van der Waals surface area contributed by atoms with E-state index in [2.05, 4.69) is 15.8 Å². The SMILES string of the molecule is CC.CCOC(=O)C1C(=S)NCC(=O)/C=C(/c2cccc(N=O)c2)NC1C. The van der Waals surface area contributed by atoms with Gasteiger partial charge in [0, 0.05) is 17.8 Å². The minimum atomic E-state index is -0.739. The van der Waals surface area contributed by atoms with Gasteiger partial charge in [-0.3, -0.25) is 9.59 Å². The van der Waals surface area contributed by atoms with Crippen molar-refractivity contribution < 1.29 is 14.3 Å². The topological polar surface area (TPSA) is 96.9 Å². The second-order valence-electron chi connectivity index (χ2n) is 5.55. The van der Waals surface area contributed by atoms with Gasteiger partial charge in [0.1, 0.15) is 11.6 Å². The van der Waals surface area contributed by atoms with Crippen molar-refractivity contribution in [1.29, 1.82) is 0 Å². The van der Waals surface area contributed by atoms with Crippen LogP contribution in [0.15, 0.2) is 35.5 Å². The Morgan fingerprint density at radius 1 is 1.37 bits per heavy atom. The van der Waals surface area contributed by atoms with Crippen molar-refractivity contribution in [3.05, 3.63) is 40.8 Å². The number of thiocarbonyl (C=S) groups is 1. The number of hydrogen-bond donors (Lipinski definition) is 2. The van der Waals surface area contributed by atoms with Crippen molar-refractivity contribution in [2.24, 2.45) is 11.1 Å².